The predicted octanol–water partition coefficient (Wildman–Crippen LogP) is 2.79. The Balaban J connectivity index is 2.35. The Labute approximate surface area is 121 Å². The van der Waals surface area contributed by atoms with Gasteiger partial charge in [-0.15, -0.1) is 0 Å². The fourth-order valence-electron chi connectivity index (χ4n) is 1.67. The number of anilines is 1. The number of esters is 1. The summed E-state index contributed by atoms with van der Waals surface area (Å²) in [5, 5.41) is 15.5. The molecule has 0 amide bonds. The molecule has 1 aliphatic rings. The van der Waals surface area contributed by atoms with Gasteiger partial charge in [0.15, 0.2) is 0 Å². The van der Waals surface area contributed by atoms with Gasteiger partial charge in [-0.2, -0.15) is 10.4 Å². The molecule has 0 fully saturated rings. The van der Waals surface area contributed by atoms with E-state index in [1.54, 1.807) is 11.9 Å². The molecular formula is C14H13N3O2S. The van der Waals surface area contributed by atoms with E-state index in [0.717, 1.165) is 23.0 Å². The van der Waals surface area contributed by atoms with Crippen LogP contribution in [0.5, 0.6) is 0 Å². The molecule has 0 aliphatic carbocycles. The van der Waals surface area contributed by atoms with Gasteiger partial charge in [-0.25, -0.2) is 9.80 Å². The third kappa shape index (κ3) is 3.00. The highest BCUT2D eigenvalue weighted by Gasteiger charge is 2.28. The Morgan fingerprint density at radius 1 is 1.60 bits per heavy atom. The summed E-state index contributed by atoms with van der Waals surface area (Å²) in [5.41, 5.74) is 1.88. The number of carbonyl (C=O) groups excluding carboxylic acids is 1. The first-order valence-corrected chi connectivity index (χ1v) is 6.87. The third-order valence-corrected chi connectivity index (χ3v) is 3.43. The molecule has 6 heteroatoms. The van der Waals surface area contributed by atoms with Crippen LogP contribution in [0.25, 0.3) is 0 Å². The van der Waals surface area contributed by atoms with Crippen molar-refractivity contribution in [3.8, 4) is 6.07 Å². The number of ether oxygens (including phenoxy) is 1. The van der Waals surface area contributed by atoms with Gasteiger partial charge < -0.3 is 4.74 Å². The number of benzene rings is 1. The highest BCUT2D eigenvalue weighted by atomic mass is 32.2. The normalized spacial score (nSPS) is 15.9. The molecule has 0 aromatic heterocycles. The van der Waals surface area contributed by atoms with Crippen molar-refractivity contribution >= 4 is 28.5 Å². The molecule has 1 aromatic rings. The fourth-order valence-corrected chi connectivity index (χ4v) is 2.48. The van der Waals surface area contributed by atoms with Gasteiger partial charge in [0, 0.05) is 6.08 Å². The summed E-state index contributed by atoms with van der Waals surface area (Å²) >= 11 is 1.13. The minimum Gasteiger partial charge on any atom is -0.461 e. The smallest absolute Gasteiger partial charge is 0.365 e. The van der Waals surface area contributed by atoms with E-state index in [2.05, 4.69) is 5.10 Å². The topological polar surface area (TPSA) is 65.7 Å². The summed E-state index contributed by atoms with van der Waals surface area (Å²) < 4.78 is 4.93. The van der Waals surface area contributed by atoms with Gasteiger partial charge in [-0.3, -0.25) is 0 Å². The van der Waals surface area contributed by atoms with Crippen molar-refractivity contribution in [1.29, 1.82) is 5.26 Å². The number of hydrogen-bond donors (Lipinski definition) is 0. The Morgan fingerprint density at radius 3 is 3.05 bits per heavy atom. The van der Waals surface area contributed by atoms with Crippen molar-refractivity contribution in [2.45, 2.75) is 13.8 Å². The van der Waals surface area contributed by atoms with Gasteiger partial charge in [0.2, 0.25) is 5.04 Å². The number of allylic oxidation sites excluding steroid dienone is 1. The SMILES string of the molecule is CCOC(=O)C1=NN(c2cccc(C)c2)/C(=C\C#N)S1. The summed E-state index contributed by atoms with van der Waals surface area (Å²) in [7, 11) is 0. The summed E-state index contributed by atoms with van der Waals surface area (Å²) in [6.45, 7) is 4.00. The van der Waals surface area contributed by atoms with Crippen LogP contribution in [-0.4, -0.2) is 17.6 Å². The Hall–Kier alpha value is -2.26. The van der Waals surface area contributed by atoms with Crippen molar-refractivity contribution in [3.63, 3.8) is 0 Å². The van der Waals surface area contributed by atoms with E-state index < -0.39 is 5.97 Å². The van der Waals surface area contributed by atoms with Gasteiger partial charge in [-0.05, 0) is 43.3 Å². The molecule has 0 saturated carbocycles. The molecule has 0 saturated heterocycles. The van der Waals surface area contributed by atoms with E-state index in [4.69, 9.17) is 10.00 Å². The van der Waals surface area contributed by atoms with E-state index in [1.807, 2.05) is 37.3 Å². The van der Waals surface area contributed by atoms with E-state index in [1.165, 1.54) is 6.08 Å². The standard InChI is InChI=1S/C14H13N3O2S/c1-3-19-14(18)13-16-17(12(20-13)7-8-15)11-6-4-5-10(2)9-11/h4-7,9H,3H2,1-2H3/b12-7+. The number of rotatable bonds is 3. The first-order chi connectivity index (χ1) is 9.65. The maximum absolute atomic E-state index is 11.7. The summed E-state index contributed by atoms with van der Waals surface area (Å²) in [5.74, 6) is -0.475. The second kappa shape index (κ2) is 6.26. The lowest BCUT2D eigenvalue weighted by atomic mass is 10.2. The number of nitriles is 1. The minimum atomic E-state index is -0.475. The summed E-state index contributed by atoms with van der Waals surface area (Å²) in [4.78, 5) is 11.7. The second-order valence-corrected chi connectivity index (χ2v) is 5.00. The molecule has 2 rings (SSSR count). The quantitative estimate of drug-likeness (QED) is 0.631. The molecule has 1 heterocycles. The molecule has 102 valence electrons. The van der Waals surface area contributed by atoms with E-state index in [9.17, 15) is 4.79 Å². The van der Waals surface area contributed by atoms with Crippen molar-refractivity contribution in [1.82, 2.24) is 0 Å². The maximum atomic E-state index is 11.7. The first kappa shape index (κ1) is 14.2. The second-order valence-electron chi connectivity index (χ2n) is 3.99. The first-order valence-electron chi connectivity index (χ1n) is 6.06. The fraction of sp³-hybridized carbons (Fsp3) is 0.214. The van der Waals surface area contributed by atoms with Crippen LogP contribution in [0, 0.1) is 18.3 Å². The van der Waals surface area contributed by atoms with Gasteiger partial charge >= 0.3 is 5.97 Å². The Kier molecular flexibility index (Phi) is 4.43. The number of aryl methyl sites for hydroxylation is 1. The van der Waals surface area contributed by atoms with Crippen LogP contribution in [0.15, 0.2) is 40.5 Å². The highest BCUT2D eigenvalue weighted by Crippen LogP contribution is 2.35. The average Bonchev–Trinajstić information content (AvgIpc) is 2.84. The number of thioether (sulfide) groups is 1. The molecule has 1 aromatic carbocycles. The number of nitrogens with zero attached hydrogens (tertiary/aromatic N) is 3. The molecule has 0 N–H and O–H groups in total. The lowest BCUT2D eigenvalue weighted by Crippen LogP contribution is -2.13. The zero-order valence-corrected chi connectivity index (χ0v) is 12.0. The van der Waals surface area contributed by atoms with Crippen molar-refractivity contribution in [2.75, 3.05) is 11.6 Å². The van der Waals surface area contributed by atoms with Gasteiger partial charge in [0.1, 0.15) is 5.03 Å². The lowest BCUT2D eigenvalue weighted by molar-refractivity contribution is -0.134. The molecule has 0 atom stereocenters. The molecule has 0 bridgehead atoms. The van der Waals surface area contributed by atoms with Crippen molar-refractivity contribution < 1.29 is 9.53 Å². The van der Waals surface area contributed by atoms with Gasteiger partial charge in [-0.1, -0.05) is 12.1 Å². The van der Waals surface area contributed by atoms with Gasteiger partial charge in [0.05, 0.1) is 18.4 Å². The number of hydrazone groups is 1. The van der Waals surface area contributed by atoms with Crippen LogP contribution in [-0.2, 0) is 9.53 Å². The van der Waals surface area contributed by atoms with E-state index >= 15 is 0 Å². The summed E-state index contributed by atoms with van der Waals surface area (Å²) in [6.07, 6.45) is 1.36. The third-order valence-electron chi connectivity index (χ3n) is 2.49. The average molecular weight is 287 g/mol. The van der Waals surface area contributed by atoms with E-state index in [-0.39, 0.29) is 5.04 Å². The zero-order valence-electron chi connectivity index (χ0n) is 11.2. The van der Waals surface area contributed by atoms with Crippen LogP contribution >= 0.6 is 11.8 Å². The molecule has 20 heavy (non-hydrogen) atoms. The molecule has 0 spiro atoms. The zero-order chi connectivity index (χ0) is 14.5. The summed E-state index contributed by atoms with van der Waals surface area (Å²) in [6, 6.07) is 9.64. The highest BCUT2D eigenvalue weighted by molar-refractivity contribution is 8.19. The monoisotopic (exact) mass is 287 g/mol. The largest absolute Gasteiger partial charge is 0.461 e. The van der Waals surface area contributed by atoms with Crippen LogP contribution in [0.2, 0.25) is 0 Å². The van der Waals surface area contributed by atoms with E-state index in [0.29, 0.717) is 11.6 Å². The van der Waals surface area contributed by atoms with Crippen LogP contribution in [0.4, 0.5) is 5.69 Å². The van der Waals surface area contributed by atoms with Gasteiger partial charge in [0.25, 0.3) is 0 Å². The molecule has 1 aliphatic heterocycles. The number of hydrogen-bond acceptors (Lipinski definition) is 6. The Morgan fingerprint density at radius 2 is 2.40 bits per heavy atom. The van der Waals surface area contributed by atoms with Crippen LogP contribution in [0.3, 0.4) is 0 Å². The molecular weight excluding hydrogens is 274 g/mol. The molecule has 0 radical (unpaired) electrons. The predicted molar refractivity (Wildman–Crippen MR) is 79.0 cm³/mol. The molecule has 5 nitrogen and oxygen atoms in total. The number of carbonyl (C=O) groups is 1. The van der Waals surface area contributed by atoms with Crippen molar-refractivity contribution in [3.05, 3.63) is 40.9 Å². The molecule has 0 unspecified atom stereocenters. The Bertz CT molecular complexity index is 632. The maximum Gasteiger partial charge on any atom is 0.365 e. The minimum absolute atomic E-state index is 0.231. The van der Waals surface area contributed by atoms with Crippen molar-refractivity contribution in [2.24, 2.45) is 5.10 Å². The van der Waals surface area contributed by atoms with Crippen LogP contribution < -0.4 is 5.01 Å². The van der Waals surface area contributed by atoms with Crippen LogP contribution in [0.1, 0.15) is 12.5 Å². The lowest BCUT2D eigenvalue weighted by Gasteiger charge is -2.14.